The number of nitrogens with one attached hydrogen (secondary N) is 2. The molecule has 6 nitrogen and oxygen atoms in total. The van der Waals surface area contributed by atoms with E-state index in [1.807, 2.05) is 61.1 Å². The molecule has 7 heteroatoms. The molecule has 0 spiro atoms. The highest BCUT2D eigenvalue weighted by Gasteiger charge is 2.23. The van der Waals surface area contributed by atoms with Gasteiger partial charge in [0, 0.05) is 32.9 Å². The van der Waals surface area contributed by atoms with E-state index >= 15 is 0 Å². The zero-order valence-electron chi connectivity index (χ0n) is 22.2. The molecule has 2 N–H and O–H groups in total. The van der Waals surface area contributed by atoms with Crippen LogP contribution in [0.3, 0.4) is 0 Å². The van der Waals surface area contributed by atoms with Crippen molar-refractivity contribution in [3.8, 4) is 5.75 Å². The highest BCUT2D eigenvalue weighted by molar-refractivity contribution is 7.17. The van der Waals surface area contributed by atoms with Crippen LogP contribution in [0.15, 0.2) is 84.2 Å². The highest BCUT2D eigenvalue weighted by atomic mass is 32.1. The maximum absolute atomic E-state index is 13.3. The van der Waals surface area contributed by atoms with Crippen LogP contribution < -0.4 is 20.3 Å². The number of fused-ring (bicyclic) bond motifs is 2. The van der Waals surface area contributed by atoms with Gasteiger partial charge in [-0.3, -0.25) is 4.79 Å². The first-order valence-electron chi connectivity index (χ1n) is 13.3. The van der Waals surface area contributed by atoms with Crippen molar-refractivity contribution >= 4 is 44.5 Å². The number of hydrogen-bond acceptors (Lipinski definition) is 5. The number of rotatable bonds is 8. The quantitative estimate of drug-likeness (QED) is 0.223. The lowest BCUT2D eigenvalue weighted by atomic mass is 9.99. The van der Waals surface area contributed by atoms with Gasteiger partial charge in [0.2, 0.25) is 0 Å². The highest BCUT2D eigenvalue weighted by Crippen LogP contribution is 2.36. The topological polar surface area (TPSA) is 58.5 Å². The third-order valence-corrected chi connectivity index (χ3v) is 8.23. The number of aromatic nitrogens is 1. The summed E-state index contributed by atoms with van der Waals surface area (Å²) in [4.78, 5) is 15.7. The fourth-order valence-electron chi connectivity index (χ4n) is 5.35. The van der Waals surface area contributed by atoms with Gasteiger partial charge in [0.05, 0.1) is 21.6 Å². The van der Waals surface area contributed by atoms with Gasteiger partial charge in [0.15, 0.2) is 0 Å². The van der Waals surface area contributed by atoms with Gasteiger partial charge >= 0.3 is 0 Å². The first kappa shape index (κ1) is 25.1. The molecule has 0 saturated heterocycles. The second kappa shape index (κ2) is 10.9. The van der Waals surface area contributed by atoms with E-state index in [1.54, 1.807) is 11.3 Å². The largest absolute Gasteiger partial charge is 0.489 e. The third kappa shape index (κ3) is 5.22. The molecule has 0 atom stereocenters. The van der Waals surface area contributed by atoms with Crippen LogP contribution in [-0.2, 0) is 26.6 Å². The Morgan fingerprint density at radius 1 is 1.00 bits per heavy atom. The SMILES string of the molecule is CNc1cccc(COc2ccc(CN3CCCc4cccc(NC(=O)c5cc6sccc6n5C)c43)cc2)c1. The fourth-order valence-corrected chi connectivity index (χ4v) is 6.20. The summed E-state index contributed by atoms with van der Waals surface area (Å²) in [6.07, 6.45) is 2.10. The normalized spacial score (nSPS) is 12.8. The van der Waals surface area contributed by atoms with Gasteiger partial charge in [0.1, 0.15) is 18.1 Å². The Kier molecular flexibility index (Phi) is 6.99. The van der Waals surface area contributed by atoms with E-state index in [2.05, 4.69) is 57.3 Å². The van der Waals surface area contributed by atoms with Crippen molar-refractivity contribution in [1.82, 2.24) is 4.57 Å². The Labute approximate surface area is 232 Å². The summed E-state index contributed by atoms with van der Waals surface area (Å²) in [7, 11) is 3.87. The maximum atomic E-state index is 13.3. The van der Waals surface area contributed by atoms with Crippen molar-refractivity contribution in [2.45, 2.75) is 26.0 Å². The van der Waals surface area contributed by atoms with Crippen LogP contribution in [-0.4, -0.2) is 24.1 Å². The van der Waals surface area contributed by atoms with E-state index in [0.29, 0.717) is 12.3 Å². The molecule has 0 saturated carbocycles. The van der Waals surface area contributed by atoms with E-state index in [9.17, 15) is 4.79 Å². The molecule has 198 valence electrons. The van der Waals surface area contributed by atoms with Gasteiger partial charge in [-0.2, -0.15) is 0 Å². The number of para-hydroxylation sites is 1. The second-order valence-electron chi connectivity index (χ2n) is 9.93. The summed E-state index contributed by atoms with van der Waals surface area (Å²) in [5.74, 6) is 0.768. The van der Waals surface area contributed by atoms with Crippen molar-refractivity contribution in [2.24, 2.45) is 7.05 Å². The van der Waals surface area contributed by atoms with Gasteiger partial charge in [-0.05, 0) is 77.4 Å². The first-order chi connectivity index (χ1) is 19.1. The maximum Gasteiger partial charge on any atom is 0.272 e. The number of amides is 1. The number of carbonyl (C=O) groups is 1. The van der Waals surface area contributed by atoms with Gasteiger partial charge in [0.25, 0.3) is 5.91 Å². The summed E-state index contributed by atoms with van der Waals surface area (Å²) in [5, 5.41) is 8.44. The number of hydrogen-bond donors (Lipinski definition) is 2. The molecule has 0 fully saturated rings. The number of ether oxygens (including phenoxy) is 1. The van der Waals surface area contributed by atoms with Gasteiger partial charge in [-0.15, -0.1) is 11.3 Å². The molecule has 6 rings (SSSR count). The van der Waals surface area contributed by atoms with Crippen molar-refractivity contribution in [3.05, 3.63) is 107 Å². The van der Waals surface area contributed by atoms with E-state index in [1.165, 1.54) is 11.1 Å². The van der Waals surface area contributed by atoms with Crippen molar-refractivity contribution < 1.29 is 9.53 Å². The lowest BCUT2D eigenvalue weighted by Gasteiger charge is -2.33. The third-order valence-electron chi connectivity index (χ3n) is 7.37. The number of benzene rings is 3. The molecule has 1 amide bonds. The fraction of sp³-hybridized carbons (Fsp3) is 0.219. The van der Waals surface area contributed by atoms with E-state index in [-0.39, 0.29) is 5.91 Å². The van der Waals surface area contributed by atoms with Crippen LogP contribution in [0.5, 0.6) is 5.75 Å². The Balaban J connectivity index is 1.17. The Hall–Kier alpha value is -4.23. The van der Waals surface area contributed by atoms with Crippen LogP contribution in [0.25, 0.3) is 10.2 Å². The van der Waals surface area contributed by atoms with Gasteiger partial charge in [-0.25, -0.2) is 0 Å². The molecular weight excluding hydrogens is 504 g/mol. The first-order valence-corrected chi connectivity index (χ1v) is 14.2. The zero-order valence-corrected chi connectivity index (χ0v) is 23.1. The minimum absolute atomic E-state index is 0.0819. The summed E-state index contributed by atoms with van der Waals surface area (Å²) >= 11 is 1.65. The second-order valence-corrected chi connectivity index (χ2v) is 10.9. The van der Waals surface area contributed by atoms with Crippen molar-refractivity contribution in [2.75, 3.05) is 29.1 Å². The molecule has 2 aromatic heterocycles. The molecule has 0 bridgehead atoms. The summed E-state index contributed by atoms with van der Waals surface area (Å²) in [6, 6.07) is 26.8. The van der Waals surface area contributed by atoms with Gasteiger partial charge < -0.3 is 24.8 Å². The van der Waals surface area contributed by atoms with Crippen LogP contribution in [0, 0.1) is 0 Å². The van der Waals surface area contributed by atoms with E-state index < -0.39 is 0 Å². The average Bonchev–Trinajstić information content (AvgIpc) is 3.56. The molecule has 5 aromatic rings. The van der Waals surface area contributed by atoms with Crippen LogP contribution in [0.2, 0.25) is 0 Å². The number of nitrogens with zero attached hydrogens (tertiary/aromatic N) is 2. The zero-order chi connectivity index (χ0) is 26.8. The monoisotopic (exact) mass is 536 g/mol. The summed E-state index contributed by atoms with van der Waals surface area (Å²) < 4.78 is 9.12. The number of aryl methyl sites for hydroxylation is 2. The van der Waals surface area contributed by atoms with Crippen molar-refractivity contribution in [1.29, 1.82) is 0 Å². The average molecular weight is 537 g/mol. The van der Waals surface area contributed by atoms with Crippen molar-refractivity contribution in [3.63, 3.8) is 0 Å². The van der Waals surface area contributed by atoms with E-state index in [0.717, 1.165) is 64.5 Å². The van der Waals surface area contributed by atoms with E-state index in [4.69, 9.17) is 4.74 Å². The van der Waals surface area contributed by atoms with Crippen LogP contribution in [0.4, 0.5) is 17.1 Å². The molecule has 0 unspecified atom stereocenters. The lowest BCUT2D eigenvalue weighted by molar-refractivity contribution is 0.102. The molecule has 0 radical (unpaired) electrons. The summed E-state index contributed by atoms with van der Waals surface area (Å²) in [5.41, 5.74) is 8.42. The molecule has 3 heterocycles. The minimum atomic E-state index is -0.0819. The predicted octanol–water partition coefficient (Wildman–Crippen LogP) is 7.07. The smallest absolute Gasteiger partial charge is 0.272 e. The number of carbonyl (C=O) groups excluding carboxylic acids is 1. The molecule has 1 aliphatic rings. The molecule has 1 aliphatic heterocycles. The van der Waals surface area contributed by atoms with Crippen LogP contribution in [0.1, 0.15) is 33.6 Å². The standard InChI is InChI=1S/C32H32N4O2S/c1-33-25-9-3-6-23(18-25)21-38-26-13-11-22(12-14-26)20-36-16-5-8-24-7-4-10-27(31(24)36)34-32(37)29-19-30-28(35(29)2)15-17-39-30/h3-4,6-7,9-15,17-19,33H,5,8,16,20-21H2,1-2H3,(H,34,37). The molecule has 39 heavy (non-hydrogen) atoms. The lowest BCUT2D eigenvalue weighted by Crippen LogP contribution is -2.30. The number of thiophene rings is 1. The van der Waals surface area contributed by atoms with Gasteiger partial charge in [-0.1, -0.05) is 36.4 Å². The Morgan fingerprint density at radius 2 is 1.85 bits per heavy atom. The summed E-state index contributed by atoms with van der Waals surface area (Å²) in [6.45, 7) is 2.24. The molecule has 0 aliphatic carbocycles. The number of anilines is 3. The Morgan fingerprint density at radius 3 is 2.67 bits per heavy atom. The van der Waals surface area contributed by atoms with Crippen LogP contribution >= 0.6 is 11.3 Å². The molecular formula is C32H32N4O2S. The Bertz CT molecular complexity index is 1620. The molecule has 3 aromatic carbocycles. The predicted molar refractivity (Wildman–Crippen MR) is 161 cm³/mol. The minimum Gasteiger partial charge on any atom is -0.489 e.